The zero-order valence-electron chi connectivity index (χ0n) is 10.4. The van der Waals surface area contributed by atoms with Gasteiger partial charge < -0.3 is 5.32 Å². The number of hydrogen-bond donors (Lipinski definition) is 2. The van der Waals surface area contributed by atoms with Crippen LogP contribution in [0.3, 0.4) is 0 Å². The fourth-order valence-corrected chi connectivity index (χ4v) is 2.38. The zero-order valence-corrected chi connectivity index (χ0v) is 11.2. The van der Waals surface area contributed by atoms with E-state index in [0.717, 1.165) is 24.6 Å². The summed E-state index contributed by atoms with van der Waals surface area (Å²) in [5.41, 5.74) is -0.180. The third kappa shape index (κ3) is 3.30. The summed E-state index contributed by atoms with van der Waals surface area (Å²) in [6.45, 7) is 2.59. The van der Waals surface area contributed by atoms with Crippen LogP contribution in [0.2, 0.25) is 0 Å². The Morgan fingerprint density at radius 1 is 1.53 bits per heavy atom. The molecule has 104 valence electrons. The van der Waals surface area contributed by atoms with Gasteiger partial charge in [0.15, 0.2) is 0 Å². The van der Waals surface area contributed by atoms with Crippen LogP contribution in [0, 0.1) is 17.7 Å². The molecule has 5 nitrogen and oxygen atoms in total. The maximum absolute atomic E-state index is 13.7. The lowest BCUT2D eigenvalue weighted by Gasteiger charge is -2.06. The van der Waals surface area contributed by atoms with Gasteiger partial charge >= 0.3 is 0 Å². The lowest BCUT2D eigenvalue weighted by atomic mass is 10.2. The number of nitrogens with two attached hydrogens (primary N) is 1. The number of rotatable bonds is 4. The Hall–Kier alpha value is -1.47. The van der Waals surface area contributed by atoms with Crippen LogP contribution in [-0.2, 0) is 10.0 Å². The molecule has 1 aromatic carbocycles. The summed E-state index contributed by atoms with van der Waals surface area (Å²) < 4.78 is 35.7. The van der Waals surface area contributed by atoms with Gasteiger partial charge in [0.05, 0.1) is 10.5 Å². The van der Waals surface area contributed by atoms with Gasteiger partial charge in [0.2, 0.25) is 10.0 Å². The van der Waals surface area contributed by atoms with Crippen LogP contribution >= 0.6 is 0 Å². The molecule has 19 heavy (non-hydrogen) atoms. The summed E-state index contributed by atoms with van der Waals surface area (Å²) in [4.78, 5) is 11.4. The van der Waals surface area contributed by atoms with Crippen LogP contribution < -0.4 is 10.5 Å². The van der Waals surface area contributed by atoms with Crippen LogP contribution in [0.25, 0.3) is 0 Å². The lowest BCUT2D eigenvalue weighted by molar-refractivity contribution is 0.0947. The molecule has 0 aliphatic heterocycles. The zero-order chi connectivity index (χ0) is 14.2. The number of primary sulfonamides is 1. The van der Waals surface area contributed by atoms with Crippen molar-refractivity contribution < 1.29 is 17.6 Å². The quantitative estimate of drug-likeness (QED) is 0.860. The first-order valence-electron chi connectivity index (χ1n) is 5.89. The van der Waals surface area contributed by atoms with Crippen molar-refractivity contribution in [3.63, 3.8) is 0 Å². The molecule has 2 unspecified atom stereocenters. The summed E-state index contributed by atoms with van der Waals surface area (Å²) >= 11 is 0. The van der Waals surface area contributed by atoms with Gasteiger partial charge in [-0.25, -0.2) is 17.9 Å². The molecular formula is C12H15FN2O3S. The molecule has 1 aliphatic carbocycles. The number of halogens is 1. The van der Waals surface area contributed by atoms with Crippen molar-refractivity contribution in [2.24, 2.45) is 17.0 Å². The second kappa shape index (κ2) is 4.90. The monoisotopic (exact) mass is 286 g/mol. The third-order valence-electron chi connectivity index (χ3n) is 3.31. The van der Waals surface area contributed by atoms with Crippen molar-refractivity contribution in [1.29, 1.82) is 0 Å². The van der Waals surface area contributed by atoms with Crippen molar-refractivity contribution in [2.45, 2.75) is 18.2 Å². The summed E-state index contributed by atoms with van der Waals surface area (Å²) in [6, 6.07) is 3.00. The first-order valence-corrected chi connectivity index (χ1v) is 7.44. The molecule has 0 bridgehead atoms. The van der Waals surface area contributed by atoms with E-state index < -0.39 is 21.7 Å². The molecule has 2 atom stereocenters. The van der Waals surface area contributed by atoms with Crippen LogP contribution in [0.1, 0.15) is 23.7 Å². The van der Waals surface area contributed by atoms with Crippen molar-refractivity contribution in [3.8, 4) is 0 Å². The Kier molecular flexibility index (Phi) is 3.60. The van der Waals surface area contributed by atoms with E-state index in [1.54, 1.807) is 0 Å². The van der Waals surface area contributed by atoms with E-state index in [0.29, 0.717) is 18.4 Å². The Labute approximate surface area is 111 Å². The first-order chi connectivity index (χ1) is 8.79. The van der Waals surface area contributed by atoms with Gasteiger partial charge in [0.25, 0.3) is 5.91 Å². The largest absolute Gasteiger partial charge is 0.352 e. The minimum absolute atomic E-state index is 0.180. The molecule has 3 N–H and O–H groups in total. The lowest BCUT2D eigenvalue weighted by Crippen LogP contribution is -2.27. The predicted molar refractivity (Wildman–Crippen MR) is 67.4 cm³/mol. The maximum Gasteiger partial charge on any atom is 0.254 e. The molecule has 1 fully saturated rings. The van der Waals surface area contributed by atoms with Crippen LogP contribution in [-0.4, -0.2) is 20.9 Å². The molecule has 0 saturated heterocycles. The van der Waals surface area contributed by atoms with Gasteiger partial charge in [-0.3, -0.25) is 4.79 Å². The molecule has 0 spiro atoms. The highest BCUT2D eigenvalue weighted by atomic mass is 32.2. The highest BCUT2D eigenvalue weighted by Crippen LogP contribution is 2.36. The number of benzene rings is 1. The molecule has 1 saturated carbocycles. The van der Waals surface area contributed by atoms with E-state index in [1.165, 1.54) is 0 Å². The van der Waals surface area contributed by atoms with Gasteiger partial charge in [0, 0.05) is 6.54 Å². The minimum Gasteiger partial charge on any atom is -0.352 e. The highest BCUT2D eigenvalue weighted by Gasteiger charge is 2.32. The van der Waals surface area contributed by atoms with E-state index in [-0.39, 0.29) is 10.5 Å². The number of carbonyl (C=O) groups is 1. The van der Waals surface area contributed by atoms with Crippen LogP contribution in [0.4, 0.5) is 4.39 Å². The first kappa shape index (κ1) is 14.0. The van der Waals surface area contributed by atoms with Gasteiger partial charge in [-0.1, -0.05) is 6.92 Å². The Bertz CT molecular complexity index is 615. The maximum atomic E-state index is 13.7. The molecule has 2 rings (SSSR count). The number of hydrogen-bond acceptors (Lipinski definition) is 3. The Morgan fingerprint density at radius 3 is 2.63 bits per heavy atom. The number of sulfonamides is 1. The summed E-state index contributed by atoms with van der Waals surface area (Å²) in [5, 5.41) is 7.51. The second-order valence-corrected chi connectivity index (χ2v) is 6.43. The summed E-state index contributed by atoms with van der Waals surface area (Å²) in [5.74, 6) is -0.393. The second-order valence-electron chi connectivity index (χ2n) is 4.87. The van der Waals surface area contributed by atoms with Crippen molar-refractivity contribution in [1.82, 2.24) is 5.32 Å². The van der Waals surface area contributed by atoms with E-state index in [4.69, 9.17) is 5.14 Å². The molecule has 0 aromatic heterocycles. The third-order valence-corrected chi connectivity index (χ3v) is 4.23. The molecule has 1 amide bonds. The topological polar surface area (TPSA) is 89.3 Å². The van der Waals surface area contributed by atoms with E-state index in [9.17, 15) is 17.6 Å². The van der Waals surface area contributed by atoms with E-state index in [2.05, 4.69) is 12.2 Å². The van der Waals surface area contributed by atoms with Crippen molar-refractivity contribution in [3.05, 3.63) is 29.6 Å². The Morgan fingerprint density at radius 2 is 2.16 bits per heavy atom. The average molecular weight is 286 g/mol. The SMILES string of the molecule is CC1CC1CNC(=O)c1ccc(S(N)(=O)=O)cc1F. The molecule has 0 heterocycles. The predicted octanol–water partition coefficient (Wildman–Crippen LogP) is 0.859. The molecular weight excluding hydrogens is 271 g/mol. The van der Waals surface area contributed by atoms with Crippen molar-refractivity contribution >= 4 is 15.9 Å². The normalized spacial score (nSPS) is 22.1. The highest BCUT2D eigenvalue weighted by molar-refractivity contribution is 7.89. The van der Waals surface area contributed by atoms with Crippen LogP contribution in [0.5, 0.6) is 0 Å². The fourth-order valence-electron chi connectivity index (χ4n) is 1.86. The molecule has 1 aromatic rings. The van der Waals surface area contributed by atoms with Gasteiger partial charge in [-0.15, -0.1) is 0 Å². The number of carbonyl (C=O) groups excluding carboxylic acids is 1. The molecule has 7 heteroatoms. The molecule has 0 radical (unpaired) electrons. The smallest absolute Gasteiger partial charge is 0.254 e. The van der Waals surface area contributed by atoms with Crippen LogP contribution in [0.15, 0.2) is 23.1 Å². The van der Waals surface area contributed by atoms with Gasteiger partial charge in [-0.2, -0.15) is 0 Å². The fraction of sp³-hybridized carbons (Fsp3) is 0.417. The molecule has 1 aliphatic rings. The van der Waals surface area contributed by atoms with E-state index >= 15 is 0 Å². The summed E-state index contributed by atoms with van der Waals surface area (Å²) in [6.07, 6.45) is 1.06. The summed E-state index contributed by atoms with van der Waals surface area (Å²) in [7, 11) is -3.96. The number of amides is 1. The Balaban J connectivity index is 2.10. The van der Waals surface area contributed by atoms with Gasteiger partial charge in [-0.05, 0) is 36.5 Å². The standard InChI is InChI=1S/C12H15FN2O3S/c1-7-4-8(7)6-15-12(16)10-3-2-9(5-11(10)13)19(14,17)18/h2-3,5,7-8H,4,6H2,1H3,(H,15,16)(H2,14,17,18). The van der Waals surface area contributed by atoms with E-state index in [1.807, 2.05) is 0 Å². The minimum atomic E-state index is -3.96. The van der Waals surface area contributed by atoms with Crippen molar-refractivity contribution in [2.75, 3.05) is 6.54 Å². The number of nitrogens with one attached hydrogen (secondary N) is 1. The average Bonchev–Trinajstić information content (AvgIpc) is 3.01. The van der Waals surface area contributed by atoms with Gasteiger partial charge in [0.1, 0.15) is 5.82 Å².